The molecule has 2 aromatic rings. The van der Waals surface area contributed by atoms with Gasteiger partial charge in [-0.2, -0.15) is 0 Å². The van der Waals surface area contributed by atoms with Crippen molar-refractivity contribution in [3.05, 3.63) is 40.9 Å². The summed E-state index contributed by atoms with van der Waals surface area (Å²) in [6, 6.07) is 7.09. The van der Waals surface area contributed by atoms with Crippen molar-refractivity contribution in [3.63, 3.8) is 0 Å². The summed E-state index contributed by atoms with van der Waals surface area (Å²) in [5.41, 5.74) is 0.482. The van der Waals surface area contributed by atoms with Gasteiger partial charge in [0.15, 0.2) is 0 Å². The van der Waals surface area contributed by atoms with Crippen LogP contribution < -0.4 is 16.0 Å². The number of hydrogen-bond donors (Lipinski definition) is 1. The third-order valence-electron chi connectivity index (χ3n) is 3.69. The molecule has 0 spiro atoms. The SMILES string of the molecule is O=C([O-])CCCCCNC(=O)CCn1cnc2ccccc2c1=O. The number of aliphatic carboxylic acids is 1. The minimum absolute atomic E-state index is 0.0474. The van der Waals surface area contributed by atoms with E-state index in [1.807, 2.05) is 6.07 Å². The van der Waals surface area contributed by atoms with E-state index in [-0.39, 0.29) is 30.9 Å². The lowest BCUT2D eigenvalue weighted by Gasteiger charge is -2.08. The van der Waals surface area contributed by atoms with Crippen molar-refractivity contribution in [3.8, 4) is 0 Å². The first kappa shape index (κ1) is 17.7. The molecule has 0 saturated heterocycles. The Balaban J connectivity index is 1.75. The van der Waals surface area contributed by atoms with Crippen LogP contribution >= 0.6 is 0 Å². The van der Waals surface area contributed by atoms with E-state index in [0.29, 0.717) is 23.9 Å². The number of nitrogens with zero attached hydrogens (tertiary/aromatic N) is 2. The van der Waals surface area contributed by atoms with E-state index < -0.39 is 5.97 Å². The lowest BCUT2D eigenvalue weighted by Crippen LogP contribution is -2.28. The molecule has 0 saturated carbocycles. The van der Waals surface area contributed by atoms with Gasteiger partial charge in [0.1, 0.15) is 0 Å². The number of rotatable bonds is 9. The third kappa shape index (κ3) is 5.19. The van der Waals surface area contributed by atoms with Gasteiger partial charge in [-0.3, -0.25) is 14.2 Å². The van der Waals surface area contributed by atoms with Crippen LogP contribution in [0.5, 0.6) is 0 Å². The van der Waals surface area contributed by atoms with Crippen LogP contribution in [0.4, 0.5) is 0 Å². The van der Waals surface area contributed by atoms with Gasteiger partial charge in [-0.15, -0.1) is 0 Å². The quantitative estimate of drug-likeness (QED) is 0.662. The van der Waals surface area contributed by atoms with E-state index in [1.165, 1.54) is 10.9 Å². The topological polar surface area (TPSA) is 104 Å². The smallest absolute Gasteiger partial charge is 0.261 e. The third-order valence-corrected chi connectivity index (χ3v) is 3.69. The first-order valence-corrected chi connectivity index (χ1v) is 7.98. The lowest BCUT2D eigenvalue weighted by molar-refractivity contribution is -0.305. The van der Waals surface area contributed by atoms with Gasteiger partial charge in [-0.05, 0) is 31.4 Å². The number of para-hydroxylation sites is 1. The molecule has 7 nitrogen and oxygen atoms in total. The summed E-state index contributed by atoms with van der Waals surface area (Å²) in [5, 5.41) is 13.6. The Morgan fingerprint density at radius 1 is 1.12 bits per heavy atom. The fourth-order valence-corrected chi connectivity index (χ4v) is 2.37. The van der Waals surface area contributed by atoms with Gasteiger partial charge in [0, 0.05) is 25.5 Å². The van der Waals surface area contributed by atoms with Crippen molar-refractivity contribution < 1.29 is 14.7 Å². The molecule has 0 bridgehead atoms. The van der Waals surface area contributed by atoms with Crippen LogP contribution in [0, 0.1) is 0 Å². The van der Waals surface area contributed by atoms with Crippen molar-refractivity contribution in [2.45, 2.75) is 38.6 Å². The highest BCUT2D eigenvalue weighted by Crippen LogP contribution is 2.04. The molecule has 1 aromatic heterocycles. The maximum Gasteiger partial charge on any atom is 0.261 e. The molecular formula is C17H20N3O4-. The lowest BCUT2D eigenvalue weighted by atomic mass is 10.2. The number of benzene rings is 1. The van der Waals surface area contributed by atoms with Crippen molar-refractivity contribution >= 4 is 22.8 Å². The molecule has 0 aliphatic heterocycles. The van der Waals surface area contributed by atoms with Gasteiger partial charge < -0.3 is 15.2 Å². The maximum absolute atomic E-state index is 12.3. The van der Waals surface area contributed by atoms with E-state index in [2.05, 4.69) is 10.3 Å². The van der Waals surface area contributed by atoms with Crippen LogP contribution in [0.3, 0.4) is 0 Å². The summed E-state index contributed by atoms with van der Waals surface area (Å²) >= 11 is 0. The van der Waals surface area contributed by atoms with Crippen molar-refractivity contribution in [1.29, 1.82) is 0 Å². The molecule has 1 amide bonds. The van der Waals surface area contributed by atoms with Gasteiger partial charge in [0.25, 0.3) is 5.56 Å². The van der Waals surface area contributed by atoms with Gasteiger partial charge in [0.05, 0.1) is 17.2 Å². The Labute approximate surface area is 139 Å². The summed E-state index contributed by atoms with van der Waals surface area (Å²) in [6.45, 7) is 0.768. The average molecular weight is 330 g/mol. The van der Waals surface area contributed by atoms with Crippen LogP contribution in [0.1, 0.15) is 32.1 Å². The Morgan fingerprint density at radius 3 is 2.71 bits per heavy atom. The van der Waals surface area contributed by atoms with Crippen LogP contribution in [-0.2, 0) is 16.1 Å². The molecule has 0 atom stereocenters. The second kappa shape index (κ2) is 8.81. The van der Waals surface area contributed by atoms with E-state index >= 15 is 0 Å². The number of carbonyl (C=O) groups is 2. The van der Waals surface area contributed by atoms with Crippen molar-refractivity contribution in [2.75, 3.05) is 6.54 Å². The molecule has 0 aliphatic rings. The minimum Gasteiger partial charge on any atom is -0.550 e. The molecule has 24 heavy (non-hydrogen) atoms. The number of aromatic nitrogens is 2. The van der Waals surface area contributed by atoms with Crippen molar-refractivity contribution in [1.82, 2.24) is 14.9 Å². The summed E-state index contributed by atoms with van der Waals surface area (Å²) in [7, 11) is 0. The van der Waals surface area contributed by atoms with Gasteiger partial charge >= 0.3 is 0 Å². The summed E-state index contributed by atoms with van der Waals surface area (Å²) < 4.78 is 1.43. The zero-order chi connectivity index (χ0) is 17.4. The molecule has 1 aromatic carbocycles. The molecule has 128 valence electrons. The predicted octanol–water partition coefficient (Wildman–Crippen LogP) is 0.213. The van der Waals surface area contributed by atoms with E-state index in [4.69, 9.17) is 0 Å². The Bertz CT molecular complexity index is 770. The van der Waals surface area contributed by atoms with Gasteiger partial charge in [-0.1, -0.05) is 18.6 Å². The second-order valence-electron chi connectivity index (χ2n) is 5.54. The van der Waals surface area contributed by atoms with Crippen molar-refractivity contribution in [2.24, 2.45) is 0 Å². The molecule has 0 radical (unpaired) electrons. The second-order valence-corrected chi connectivity index (χ2v) is 5.54. The van der Waals surface area contributed by atoms with E-state index in [1.54, 1.807) is 18.2 Å². The molecule has 7 heteroatoms. The standard InChI is InChI=1S/C17H21N3O4/c21-15(18-10-5-1-2-8-16(22)23)9-11-20-12-19-14-7-4-3-6-13(14)17(20)24/h3-4,6-7,12H,1-2,5,8-11H2,(H,18,21)(H,22,23)/p-1. The van der Waals surface area contributed by atoms with Crippen LogP contribution in [0.25, 0.3) is 10.9 Å². The summed E-state index contributed by atoms with van der Waals surface area (Å²) in [4.78, 5) is 38.5. The van der Waals surface area contributed by atoms with Crippen LogP contribution in [0.15, 0.2) is 35.4 Å². The normalized spacial score (nSPS) is 10.7. The first-order valence-electron chi connectivity index (χ1n) is 7.98. The first-order chi connectivity index (χ1) is 11.6. The summed E-state index contributed by atoms with van der Waals surface area (Å²) in [5.74, 6) is -1.19. The van der Waals surface area contributed by atoms with E-state index in [9.17, 15) is 19.5 Å². The predicted molar refractivity (Wildman–Crippen MR) is 87.1 cm³/mol. The molecule has 0 fully saturated rings. The number of unbranched alkanes of at least 4 members (excludes halogenated alkanes) is 2. The number of carboxylic acids is 1. The zero-order valence-corrected chi connectivity index (χ0v) is 13.4. The largest absolute Gasteiger partial charge is 0.550 e. The highest BCUT2D eigenvalue weighted by Gasteiger charge is 2.06. The van der Waals surface area contributed by atoms with Gasteiger partial charge in [0.2, 0.25) is 5.91 Å². The molecule has 0 aliphatic carbocycles. The maximum atomic E-state index is 12.3. The number of fused-ring (bicyclic) bond motifs is 1. The van der Waals surface area contributed by atoms with E-state index in [0.717, 1.165) is 12.8 Å². The highest BCUT2D eigenvalue weighted by molar-refractivity contribution is 5.77. The number of carbonyl (C=O) groups excluding carboxylic acids is 2. The van der Waals surface area contributed by atoms with Gasteiger partial charge in [-0.25, -0.2) is 4.98 Å². The fraction of sp³-hybridized carbons (Fsp3) is 0.412. The average Bonchev–Trinajstić information content (AvgIpc) is 2.57. The fourth-order valence-electron chi connectivity index (χ4n) is 2.37. The molecule has 2 rings (SSSR count). The number of hydrogen-bond acceptors (Lipinski definition) is 5. The highest BCUT2D eigenvalue weighted by atomic mass is 16.4. The molecular weight excluding hydrogens is 310 g/mol. The monoisotopic (exact) mass is 330 g/mol. The molecule has 0 unspecified atom stereocenters. The number of amides is 1. The minimum atomic E-state index is -1.05. The van der Waals surface area contributed by atoms with Crippen LogP contribution in [-0.4, -0.2) is 28.0 Å². The number of nitrogens with one attached hydrogen (secondary N) is 1. The Hall–Kier alpha value is -2.70. The Morgan fingerprint density at radius 2 is 1.92 bits per heavy atom. The summed E-state index contributed by atoms with van der Waals surface area (Å²) in [6.07, 6.45) is 3.69. The number of carboxylic acid groups (broad SMARTS) is 1. The molecule has 1 heterocycles. The Kier molecular flexibility index (Phi) is 6.48. The number of aryl methyl sites for hydroxylation is 1. The van der Waals surface area contributed by atoms with Crippen LogP contribution in [0.2, 0.25) is 0 Å². The molecule has 1 N–H and O–H groups in total. The zero-order valence-electron chi connectivity index (χ0n) is 13.4.